The highest BCUT2D eigenvalue weighted by atomic mass is 19.2. The van der Waals surface area contributed by atoms with Gasteiger partial charge in [0.15, 0.2) is 6.17 Å². The van der Waals surface area contributed by atoms with Crippen LogP contribution in [0.5, 0.6) is 0 Å². The van der Waals surface area contributed by atoms with E-state index in [0.29, 0.717) is 27.0 Å². The lowest BCUT2D eigenvalue weighted by Gasteiger charge is -2.34. The molecule has 2 nitrogen and oxygen atoms in total. The maximum atomic E-state index is 13.8. The van der Waals surface area contributed by atoms with Crippen molar-refractivity contribution < 1.29 is 8.96 Å². The molecule has 0 saturated heterocycles. The highest BCUT2D eigenvalue weighted by Crippen LogP contribution is 2.41. The second kappa shape index (κ2) is 3.07. The van der Waals surface area contributed by atoms with E-state index in [1.807, 2.05) is 12.1 Å². The Morgan fingerprint density at radius 1 is 0.938 bits per heavy atom. The van der Waals surface area contributed by atoms with Crippen LogP contribution in [0, 0.1) is 0 Å². The smallest absolute Gasteiger partial charge is 0.159 e. The predicted octanol–water partition coefficient (Wildman–Crippen LogP) is 3.58. The summed E-state index contributed by atoms with van der Waals surface area (Å²) in [6.45, 7) is 1.48. The van der Waals surface area contributed by atoms with Gasteiger partial charge in [0.1, 0.15) is 0 Å². The van der Waals surface area contributed by atoms with Crippen molar-refractivity contribution in [2.24, 2.45) is 0 Å². The van der Waals surface area contributed by atoms with Crippen molar-refractivity contribution >= 4 is 22.1 Å². The first-order valence-corrected chi connectivity index (χ1v) is 5.12. The molecule has 1 aliphatic heterocycles. The minimum Gasteiger partial charge on any atom is -0.186 e. The van der Waals surface area contributed by atoms with Gasteiger partial charge in [-0.3, -0.25) is 0 Å². The number of nitrogens with zero attached hydrogens (tertiary/aromatic N) is 2. The molecule has 0 spiro atoms. The van der Waals surface area contributed by atoms with Crippen molar-refractivity contribution in [2.45, 2.75) is 13.1 Å². The standard InChI is InChI=1S/C12H10F2N2/c1-8-15(13)10-6-2-4-9-5-3-7-11(12(9)10)16(8)14/h2-8H,1H3. The quantitative estimate of drug-likeness (QED) is 0.626. The summed E-state index contributed by atoms with van der Waals surface area (Å²) in [7, 11) is 0. The zero-order valence-corrected chi connectivity index (χ0v) is 8.69. The Bertz CT molecular complexity index is 511. The Hall–Kier alpha value is -1.84. The fraction of sp³-hybridized carbons (Fsp3) is 0.167. The summed E-state index contributed by atoms with van der Waals surface area (Å²) < 4.78 is 27.7. The molecule has 0 radical (unpaired) electrons. The first-order chi connectivity index (χ1) is 7.70. The molecule has 82 valence electrons. The molecule has 0 unspecified atom stereocenters. The summed E-state index contributed by atoms with van der Waals surface area (Å²) in [5.41, 5.74) is 0.851. The number of hydrogen-bond donors (Lipinski definition) is 0. The molecule has 0 N–H and O–H groups in total. The zero-order chi connectivity index (χ0) is 11.3. The van der Waals surface area contributed by atoms with Crippen LogP contribution in [0.25, 0.3) is 10.8 Å². The van der Waals surface area contributed by atoms with Crippen LogP contribution in [0.2, 0.25) is 0 Å². The topological polar surface area (TPSA) is 6.48 Å². The fourth-order valence-corrected chi connectivity index (χ4v) is 2.15. The summed E-state index contributed by atoms with van der Waals surface area (Å²) in [6, 6.07) is 10.6. The maximum Gasteiger partial charge on any atom is 0.159 e. The molecule has 2 aromatic rings. The van der Waals surface area contributed by atoms with E-state index in [1.165, 1.54) is 6.92 Å². The molecule has 0 fully saturated rings. The van der Waals surface area contributed by atoms with Gasteiger partial charge in [0.2, 0.25) is 0 Å². The van der Waals surface area contributed by atoms with E-state index in [9.17, 15) is 8.96 Å². The molecule has 0 aromatic heterocycles. The van der Waals surface area contributed by atoms with Gasteiger partial charge < -0.3 is 0 Å². The second-order valence-corrected chi connectivity index (χ2v) is 3.91. The average molecular weight is 220 g/mol. The molecular formula is C12H10F2N2. The van der Waals surface area contributed by atoms with Crippen LogP contribution in [0.1, 0.15) is 6.92 Å². The van der Waals surface area contributed by atoms with Crippen LogP contribution in [-0.2, 0) is 0 Å². The van der Waals surface area contributed by atoms with Gasteiger partial charge in [-0.1, -0.05) is 33.2 Å². The molecule has 2 aromatic carbocycles. The summed E-state index contributed by atoms with van der Waals surface area (Å²) >= 11 is 0. The monoisotopic (exact) mass is 220 g/mol. The summed E-state index contributed by atoms with van der Waals surface area (Å²) in [6.07, 6.45) is -0.930. The van der Waals surface area contributed by atoms with E-state index in [1.54, 1.807) is 24.3 Å². The van der Waals surface area contributed by atoms with Gasteiger partial charge in [-0.15, -0.1) is 0 Å². The second-order valence-electron chi connectivity index (χ2n) is 3.91. The molecule has 0 saturated carbocycles. The molecule has 0 aliphatic carbocycles. The molecule has 16 heavy (non-hydrogen) atoms. The van der Waals surface area contributed by atoms with Gasteiger partial charge in [0.25, 0.3) is 0 Å². The third-order valence-electron chi connectivity index (χ3n) is 2.98. The van der Waals surface area contributed by atoms with Crippen molar-refractivity contribution in [1.29, 1.82) is 0 Å². The normalized spacial score (nSPS) is 15.9. The van der Waals surface area contributed by atoms with Crippen LogP contribution < -0.4 is 10.2 Å². The highest BCUT2D eigenvalue weighted by Gasteiger charge is 2.30. The number of hydrogen-bond acceptors (Lipinski definition) is 2. The van der Waals surface area contributed by atoms with Gasteiger partial charge in [0, 0.05) is 5.39 Å². The van der Waals surface area contributed by atoms with E-state index in [2.05, 4.69) is 0 Å². The fourth-order valence-electron chi connectivity index (χ4n) is 2.15. The first-order valence-electron chi connectivity index (χ1n) is 5.12. The molecule has 1 aliphatic rings. The summed E-state index contributed by atoms with van der Waals surface area (Å²) in [5.74, 6) is 0. The molecular weight excluding hydrogens is 210 g/mol. The molecule has 0 bridgehead atoms. The number of benzene rings is 2. The lowest BCUT2D eigenvalue weighted by molar-refractivity contribution is 0.287. The van der Waals surface area contributed by atoms with Crippen LogP contribution >= 0.6 is 0 Å². The highest BCUT2D eigenvalue weighted by molar-refractivity contribution is 6.04. The molecule has 4 heteroatoms. The van der Waals surface area contributed by atoms with Crippen molar-refractivity contribution in [3.8, 4) is 0 Å². The lowest BCUT2D eigenvalue weighted by Crippen LogP contribution is -2.40. The van der Waals surface area contributed by atoms with Crippen LogP contribution in [0.3, 0.4) is 0 Å². The average Bonchev–Trinajstić information content (AvgIpc) is 2.33. The third kappa shape index (κ3) is 1.04. The largest absolute Gasteiger partial charge is 0.186 e. The molecule has 0 amide bonds. The summed E-state index contributed by atoms with van der Waals surface area (Å²) in [4.78, 5) is 0. The van der Waals surface area contributed by atoms with E-state index in [4.69, 9.17) is 0 Å². The molecule has 3 rings (SSSR count). The van der Waals surface area contributed by atoms with E-state index in [0.717, 1.165) is 5.39 Å². The first kappa shape index (κ1) is 9.39. The van der Waals surface area contributed by atoms with Crippen molar-refractivity contribution in [1.82, 2.24) is 0 Å². The Balaban J connectivity index is 2.43. The van der Waals surface area contributed by atoms with Crippen LogP contribution in [0.15, 0.2) is 36.4 Å². The van der Waals surface area contributed by atoms with Crippen LogP contribution in [0.4, 0.5) is 20.3 Å². The minimum absolute atomic E-state index is 0.425. The minimum atomic E-state index is -0.930. The Morgan fingerprint density at radius 2 is 1.44 bits per heavy atom. The zero-order valence-electron chi connectivity index (χ0n) is 8.69. The summed E-state index contributed by atoms with van der Waals surface area (Å²) in [5, 5.41) is 2.37. The lowest BCUT2D eigenvalue weighted by atomic mass is 10.0. The van der Waals surface area contributed by atoms with Crippen molar-refractivity contribution in [2.75, 3.05) is 10.2 Å². The predicted molar refractivity (Wildman–Crippen MR) is 60.6 cm³/mol. The van der Waals surface area contributed by atoms with Crippen molar-refractivity contribution in [3.63, 3.8) is 0 Å². The Kier molecular flexibility index (Phi) is 1.80. The number of rotatable bonds is 0. The number of anilines is 2. The van der Waals surface area contributed by atoms with Crippen LogP contribution in [-0.4, -0.2) is 6.17 Å². The van der Waals surface area contributed by atoms with Crippen molar-refractivity contribution in [3.05, 3.63) is 36.4 Å². The van der Waals surface area contributed by atoms with Gasteiger partial charge in [-0.05, 0) is 24.4 Å². The van der Waals surface area contributed by atoms with Gasteiger partial charge in [-0.2, -0.15) is 10.2 Å². The van der Waals surface area contributed by atoms with Gasteiger partial charge in [0.05, 0.1) is 11.4 Å². The maximum absolute atomic E-state index is 13.8. The Labute approximate surface area is 91.6 Å². The van der Waals surface area contributed by atoms with E-state index >= 15 is 0 Å². The van der Waals surface area contributed by atoms with Gasteiger partial charge >= 0.3 is 0 Å². The molecule has 1 heterocycles. The molecule has 0 atom stereocenters. The number of halogens is 2. The van der Waals surface area contributed by atoms with Gasteiger partial charge in [-0.25, -0.2) is 0 Å². The van der Waals surface area contributed by atoms with E-state index in [-0.39, 0.29) is 0 Å². The SMILES string of the molecule is CC1N(F)c2cccc3cccc(c23)N1F. The van der Waals surface area contributed by atoms with E-state index < -0.39 is 6.17 Å². The third-order valence-corrected chi connectivity index (χ3v) is 2.98. The Morgan fingerprint density at radius 3 is 1.94 bits per heavy atom.